The van der Waals surface area contributed by atoms with Gasteiger partial charge in [-0.1, -0.05) is 364 Å². The van der Waals surface area contributed by atoms with E-state index in [-0.39, 0.29) is 21.7 Å². The quantitative estimate of drug-likeness (QED) is 0.0998. The van der Waals surface area contributed by atoms with E-state index in [0.29, 0.717) is 0 Å². The lowest BCUT2D eigenvalue weighted by atomic mass is 9.75. The predicted molar refractivity (Wildman–Crippen MR) is 565 cm³/mol. The van der Waals surface area contributed by atoms with Gasteiger partial charge in [-0.3, -0.25) is 0 Å². The number of benzene rings is 20. The van der Waals surface area contributed by atoms with E-state index in [1.807, 2.05) is 0 Å². The highest BCUT2D eigenvalue weighted by atomic mass is 16.3. The van der Waals surface area contributed by atoms with Gasteiger partial charge < -0.3 is 37.3 Å². The first-order valence-corrected chi connectivity index (χ1v) is 46.9. The molecule has 0 radical (unpaired) electrons. The van der Waals surface area contributed by atoms with Crippen molar-refractivity contribution in [3.63, 3.8) is 0 Å². The molecule has 0 saturated carbocycles. The Morgan fingerprint density at radius 2 is 0.353 bits per heavy atom. The second kappa shape index (κ2) is 29.4. The number of anilines is 12. The molecular weight excluding hydrogens is 1620 g/mol. The Balaban J connectivity index is 0.733. The van der Waals surface area contributed by atoms with Crippen molar-refractivity contribution in [2.75, 3.05) is 19.6 Å². The van der Waals surface area contributed by atoms with Crippen LogP contribution in [0, 0.1) is 13.8 Å². The highest BCUT2D eigenvalue weighted by Gasteiger charge is 2.38. The molecule has 0 amide bonds. The summed E-state index contributed by atoms with van der Waals surface area (Å²) in [6.45, 7) is 36.6. The summed E-state index contributed by atoms with van der Waals surface area (Å²) in [7, 11) is 0. The van der Waals surface area contributed by atoms with E-state index in [4.69, 9.17) is 17.7 Å². The van der Waals surface area contributed by atoms with Crippen LogP contribution in [0.5, 0.6) is 0 Å². The Kier molecular flexibility index (Phi) is 18.0. The van der Waals surface area contributed by atoms with Crippen LogP contribution in [0.1, 0.15) is 141 Å². The third-order valence-electron chi connectivity index (χ3n) is 28.8. The number of rotatable bonds is 14. The maximum absolute atomic E-state index is 7.64. The van der Waals surface area contributed by atoms with Crippen LogP contribution in [0.25, 0.3) is 152 Å². The molecule has 0 atom stereocenters. The van der Waals surface area contributed by atoms with Crippen LogP contribution in [0.2, 0.25) is 0 Å². The summed E-state index contributed by atoms with van der Waals surface area (Å²) in [5.74, 6) is 0. The molecule has 0 aliphatic carbocycles. The van der Waals surface area contributed by atoms with Crippen LogP contribution >= 0.6 is 0 Å². The number of nitrogens with zero attached hydrogens (tertiary/aromatic N) is 4. The van der Waals surface area contributed by atoms with Crippen molar-refractivity contribution >= 4 is 221 Å². The van der Waals surface area contributed by atoms with E-state index in [2.05, 4.69) is 470 Å². The van der Waals surface area contributed by atoms with E-state index in [1.54, 1.807) is 0 Å². The molecule has 4 heterocycles. The van der Waals surface area contributed by atoms with Crippen LogP contribution in [-0.2, 0) is 27.1 Å². The number of aryl methyl sites for hydroxylation is 2. The highest BCUT2D eigenvalue weighted by Crippen LogP contribution is 2.59. The van der Waals surface area contributed by atoms with Gasteiger partial charge in [0.1, 0.15) is 22.3 Å². The summed E-state index contributed by atoms with van der Waals surface area (Å²) in [5, 5.41) is 22.4. The maximum atomic E-state index is 7.64. The molecular formula is C125H104N4O4. The molecule has 8 nitrogen and oxygen atoms in total. The van der Waals surface area contributed by atoms with Gasteiger partial charge >= 0.3 is 0 Å². The topological polar surface area (TPSA) is 65.5 Å². The van der Waals surface area contributed by atoms with Gasteiger partial charge in [-0.2, -0.15) is 0 Å². The van der Waals surface area contributed by atoms with Crippen LogP contribution in [0.4, 0.5) is 68.2 Å². The third-order valence-corrected chi connectivity index (χ3v) is 28.8. The smallest absolute Gasteiger partial charge is 0.159 e. The average molecular weight is 1730 g/mol. The second-order valence-corrected chi connectivity index (χ2v) is 41.5. The Hall–Kier alpha value is -15.1. The van der Waals surface area contributed by atoms with Gasteiger partial charge in [-0.05, 0) is 174 Å². The first-order valence-electron chi connectivity index (χ1n) is 46.9. The van der Waals surface area contributed by atoms with Crippen LogP contribution in [0.3, 0.4) is 0 Å². The zero-order chi connectivity index (χ0) is 90.9. The van der Waals surface area contributed by atoms with Gasteiger partial charge in [0.05, 0.1) is 56.9 Å². The summed E-state index contributed by atoms with van der Waals surface area (Å²) in [4.78, 5) is 9.98. The first-order chi connectivity index (χ1) is 64.1. The van der Waals surface area contributed by atoms with Gasteiger partial charge in [-0.15, -0.1) is 0 Å². The van der Waals surface area contributed by atoms with Crippen molar-refractivity contribution in [2.24, 2.45) is 0 Å². The standard InChI is InChI=1S/C125H104N4O4/c1-73-33-17-21-49-97(73)126(105-53-29-39-83-79-35-25-45-93(121(3,4)5)113(79)130-117(83)105)99-69-61-75-59-67-89-101(71-63-77-57-65-87(99)109(75)111(77)89)128(107-55-31-41-85-81-37-27-47-95(123(9,10)11)115(81)132-119(85)107)103-51-23-19-43-91(103)125(15,16)92-44-20-24-52-104(92)129(108-56-32-42-86-82-38-28-48-96(124(12,13)14)116(82)133-120(86)108)102-72-64-78-58-66-88-100(70-62-76-60-68-90(102)112(78)110(76)88)127(98-50-22-18-34-74(98)2)106-54-30-40-84-80-36-26-46-94(122(6,7)8)114(80)131-118(84)106/h17-72H,1-16H3. The van der Waals surface area contributed by atoms with Crippen LogP contribution in [-0.4, -0.2) is 0 Å². The minimum Gasteiger partial charge on any atom is -0.454 e. The first kappa shape index (κ1) is 81.1. The van der Waals surface area contributed by atoms with Gasteiger partial charge in [0, 0.05) is 104 Å². The van der Waals surface area contributed by atoms with Crippen molar-refractivity contribution in [3.8, 4) is 0 Å². The molecule has 8 heteroatoms. The van der Waals surface area contributed by atoms with Crippen molar-refractivity contribution in [2.45, 2.75) is 138 Å². The monoisotopic (exact) mass is 1720 g/mol. The van der Waals surface area contributed by atoms with E-state index in [9.17, 15) is 0 Å². The predicted octanol–water partition coefficient (Wildman–Crippen LogP) is 37.1. The molecule has 0 bridgehead atoms. The van der Waals surface area contributed by atoms with Gasteiger partial charge in [-0.25, -0.2) is 0 Å². The molecule has 0 aliphatic rings. The third kappa shape index (κ3) is 12.4. The summed E-state index contributed by atoms with van der Waals surface area (Å²) in [6, 6.07) is 127. The Morgan fingerprint density at radius 1 is 0.158 bits per heavy atom. The Morgan fingerprint density at radius 3 is 0.602 bits per heavy atom. The fourth-order valence-corrected chi connectivity index (χ4v) is 22.3. The lowest BCUT2D eigenvalue weighted by Crippen LogP contribution is -2.26. The van der Waals surface area contributed by atoms with Gasteiger partial charge in [0.2, 0.25) is 0 Å². The summed E-state index contributed by atoms with van der Waals surface area (Å²) >= 11 is 0. The van der Waals surface area contributed by atoms with E-state index < -0.39 is 5.41 Å². The van der Waals surface area contributed by atoms with Crippen LogP contribution < -0.4 is 19.6 Å². The number of furan rings is 4. The molecule has 0 fully saturated rings. The molecule has 24 aromatic rings. The summed E-state index contributed by atoms with van der Waals surface area (Å²) in [6.07, 6.45) is 0. The molecule has 0 unspecified atom stereocenters. The number of fused-ring (bicyclic) bond motifs is 12. The van der Waals surface area contributed by atoms with Gasteiger partial charge in [0.25, 0.3) is 0 Å². The maximum Gasteiger partial charge on any atom is 0.159 e. The fourth-order valence-electron chi connectivity index (χ4n) is 22.3. The second-order valence-electron chi connectivity index (χ2n) is 41.5. The highest BCUT2D eigenvalue weighted by molar-refractivity contribution is 6.31. The molecule has 24 rings (SSSR count). The molecule has 133 heavy (non-hydrogen) atoms. The summed E-state index contributed by atoms with van der Waals surface area (Å²) in [5.41, 5.74) is 26.6. The molecule has 0 aliphatic heterocycles. The SMILES string of the molecule is Cc1ccccc1N(c1ccc2ccc3c(N(c4ccccc4C(C)(C)c4ccccc4N(c4ccc5ccc6c(N(c7ccccc7C)c7cccc8c7oc7c(C(C)(C)C)cccc78)ccc7ccc4c5c76)c4cccc5c4oc4c(C(C)(C)C)cccc45)c4cccc5c4oc4c(C(C)(C)C)cccc45)ccc4ccc1c2c43)c1cccc2c1oc1c(C(C)(C)C)cccc12. The molecule has 648 valence electrons. The zero-order valence-electron chi connectivity index (χ0n) is 78.3. The number of hydrogen-bond donors (Lipinski definition) is 0. The van der Waals surface area contributed by atoms with E-state index >= 15 is 0 Å². The largest absolute Gasteiger partial charge is 0.454 e. The molecule has 4 aromatic heterocycles. The molecule has 0 saturated heterocycles. The normalized spacial score (nSPS) is 12.8. The van der Waals surface area contributed by atoms with Crippen molar-refractivity contribution in [1.29, 1.82) is 0 Å². The van der Waals surface area contributed by atoms with E-state index in [0.717, 1.165) is 232 Å². The fraction of sp³-hybridized carbons (Fsp3) is 0.168. The molecule has 0 spiro atoms. The van der Waals surface area contributed by atoms with Crippen molar-refractivity contribution in [3.05, 3.63) is 384 Å². The molecule has 20 aromatic carbocycles. The lowest BCUT2D eigenvalue weighted by Gasteiger charge is -2.38. The number of hydrogen-bond acceptors (Lipinski definition) is 8. The minimum absolute atomic E-state index is 0.154. The van der Waals surface area contributed by atoms with Crippen molar-refractivity contribution < 1.29 is 17.7 Å². The molecule has 0 N–H and O–H groups in total. The van der Waals surface area contributed by atoms with Gasteiger partial charge in [0.15, 0.2) is 22.3 Å². The van der Waals surface area contributed by atoms with Crippen LogP contribution in [0.15, 0.2) is 357 Å². The Labute approximate surface area is 774 Å². The van der Waals surface area contributed by atoms with E-state index in [1.165, 1.54) is 32.7 Å². The number of para-hydroxylation sites is 12. The summed E-state index contributed by atoms with van der Waals surface area (Å²) < 4.78 is 29.9. The van der Waals surface area contributed by atoms with Crippen molar-refractivity contribution in [1.82, 2.24) is 0 Å². The average Bonchev–Trinajstić information content (AvgIpc) is 1.52. The minimum atomic E-state index is -0.796. The Bertz CT molecular complexity index is 8410. The zero-order valence-corrected chi connectivity index (χ0v) is 78.3. The lowest BCUT2D eigenvalue weighted by molar-refractivity contribution is 0.572.